The van der Waals surface area contributed by atoms with Crippen LogP contribution >= 0.6 is 24.8 Å². The van der Waals surface area contributed by atoms with Crippen molar-refractivity contribution in [3.05, 3.63) is 29.8 Å². The van der Waals surface area contributed by atoms with Crippen molar-refractivity contribution in [2.24, 2.45) is 23.5 Å². The Morgan fingerprint density at radius 3 is 2.30 bits per heavy atom. The zero-order chi connectivity index (χ0) is 19.5. The van der Waals surface area contributed by atoms with E-state index in [0.717, 1.165) is 25.1 Å². The van der Waals surface area contributed by atoms with Gasteiger partial charge in [0.1, 0.15) is 0 Å². The summed E-state index contributed by atoms with van der Waals surface area (Å²) in [7, 11) is 2.23. The van der Waals surface area contributed by atoms with Gasteiger partial charge in [-0.15, -0.1) is 24.8 Å². The molecular weight excluding hydrogens is 417 g/mol. The van der Waals surface area contributed by atoms with Crippen molar-refractivity contribution >= 4 is 36.4 Å². The maximum absolute atomic E-state index is 13.1. The molecule has 0 aliphatic heterocycles. The van der Waals surface area contributed by atoms with E-state index >= 15 is 0 Å². The van der Waals surface area contributed by atoms with E-state index in [0.29, 0.717) is 23.9 Å². The van der Waals surface area contributed by atoms with E-state index in [2.05, 4.69) is 35.5 Å². The summed E-state index contributed by atoms with van der Waals surface area (Å²) in [5.41, 5.74) is 8.64. The molecule has 0 aromatic heterocycles. The number of para-hydroxylation sites is 1. The summed E-state index contributed by atoms with van der Waals surface area (Å²) in [6, 6.07) is 9.35. The monoisotopic (exact) mass is 455 g/mol. The summed E-state index contributed by atoms with van der Waals surface area (Å²) in [6.45, 7) is 0.905. The van der Waals surface area contributed by atoms with Gasteiger partial charge in [-0.2, -0.15) is 0 Å². The maximum atomic E-state index is 13.1. The topological polar surface area (TPSA) is 58.4 Å². The molecule has 1 aromatic rings. The highest BCUT2D eigenvalue weighted by Gasteiger charge is 2.40. The average Bonchev–Trinajstić information content (AvgIpc) is 2.70. The quantitative estimate of drug-likeness (QED) is 0.625. The Hall–Kier alpha value is -0.810. The maximum Gasteiger partial charge on any atom is 0.227 e. The fourth-order valence-corrected chi connectivity index (χ4v) is 5.94. The number of hydrogen-bond donors (Lipinski definition) is 2. The molecule has 2 atom stereocenters. The second-order valence-electron chi connectivity index (χ2n) is 9.55. The summed E-state index contributed by atoms with van der Waals surface area (Å²) < 4.78 is 0. The number of rotatable bonds is 5. The van der Waals surface area contributed by atoms with Gasteiger partial charge in [-0.3, -0.25) is 9.69 Å². The number of amides is 1. The summed E-state index contributed by atoms with van der Waals surface area (Å²) in [5.74, 6) is 1.41. The summed E-state index contributed by atoms with van der Waals surface area (Å²) in [6.07, 6.45) is 12.3. The van der Waals surface area contributed by atoms with E-state index in [-0.39, 0.29) is 36.6 Å². The van der Waals surface area contributed by atoms with Gasteiger partial charge in [0.25, 0.3) is 0 Å². The molecule has 2 unspecified atom stereocenters. The van der Waals surface area contributed by atoms with E-state index in [1.807, 2.05) is 6.07 Å². The number of nitrogens with zero attached hydrogens (tertiary/aromatic N) is 1. The number of hydrogen-bond acceptors (Lipinski definition) is 3. The van der Waals surface area contributed by atoms with Gasteiger partial charge in [-0.1, -0.05) is 43.9 Å². The van der Waals surface area contributed by atoms with Gasteiger partial charge in [0, 0.05) is 30.2 Å². The van der Waals surface area contributed by atoms with Crippen LogP contribution in [0, 0.1) is 17.8 Å². The lowest BCUT2D eigenvalue weighted by molar-refractivity contribution is -0.122. The Kier molecular flexibility index (Phi) is 9.93. The third kappa shape index (κ3) is 5.91. The molecule has 1 aromatic carbocycles. The first kappa shape index (κ1) is 25.5. The van der Waals surface area contributed by atoms with Crippen LogP contribution in [0.5, 0.6) is 0 Å². The third-order valence-electron chi connectivity index (χ3n) is 7.68. The zero-order valence-corrected chi connectivity index (χ0v) is 19.9. The molecule has 4 nitrogen and oxygen atoms in total. The van der Waals surface area contributed by atoms with Crippen molar-refractivity contribution in [2.75, 3.05) is 12.4 Å². The number of halogens is 2. The van der Waals surface area contributed by atoms with E-state index < -0.39 is 0 Å². The second-order valence-corrected chi connectivity index (χ2v) is 9.55. The smallest absolute Gasteiger partial charge is 0.227 e. The van der Waals surface area contributed by atoms with Crippen LogP contribution in [0.1, 0.15) is 69.8 Å². The normalized spacial score (nSPS) is 28.9. The van der Waals surface area contributed by atoms with Gasteiger partial charge in [0.2, 0.25) is 5.91 Å². The van der Waals surface area contributed by atoms with Crippen molar-refractivity contribution in [3.8, 4) is 0 Å². The van der Waals surface area contributed by atoms with Gasteiger partial charge < -0.3 is 11.1 Å². The number of nitrogens with one attached hydrogen (secondary N) is 1. The molecular formula is C24H39Cl2N3O. The average molecular weight is 457 g/mol. The molecule has 3 aliphatic carbocycles. The molecule has 4 rings (SSSR count). The molecule has 3 aliphatic rings. The number of anilines is 1. The SMILES string of the molecule is CN(Cc1ccccc1NC(=O)C1CC2CCCC(C1)C2N)C1CCCCC1.Cl.Cl. The Labute approximate surface area is 194 Å². The number of carbonyl (C=O) groups excluding carboxylic acids is 1. The molecule has 3 saturated carbocycles. The predicted molar refractivity (Wildman–Crippen MR) is 129 cm³/mol. The largest absolute Gasteiger partial charge is 0.327 e. The number of fused-ring (bicyclic) bond motifs is 2. The number of nitrogens with two attached hydrogens (primary N) is 1. The van der Waals surface area contributed by atoms with Crippen LogP contribution in [-0.2, 0) is 11.3 Å². The second kappa shape index (κ2) is 11.7. The summed E-state index contributed by atoms with van der Waals surface area (Å²) in [5, 5.41) is 3.29. The predicted octanol–water partition coefficient (Wildman–Crippen LogP) is 5.39. The fraction of sp³-hybridized carbons (Fsp3) is 0.708. The minimum Gasteiger partial charge on any atom is -0.327 e. The van der Waals surface area contributed by atoms with Crippen LogP contribution < -0.4 is 11.1 Å². The van der Waals surface area contributed by atoms with Crippen LogP contribution in [0.15, 0.2) is 24.3 Å². The lowest BCUT2D eigenvalue weighted by Crippen LogP contribution is -2.48. The molecule has 2 bridgehead atoms. The molecule has 0 heterocycles. The lowest BCUT2D eigenvalue weighted by Gasteiger charge is -2.43. The number of benzene rings is 1. The van der Waals surface area contributed by atoms with Crippen molar-refractivity contribution in [2.45, 2.75) is 82.8 Å². The van der Waals surface area contributed by atoms with Crippen molar-refractivity contribution in [1.82, 2.24) is 4.90 Å². The zero-order valence-electron chi connectivity index (χ0n) is 18.2. The first-order valence-corrected chi connectivity index (χ1v) is 11.5. The van der Waals surface area contributed by atoms with Crippen LogP contribution in [0.4, 0.5) is 5.69 Å². The highest BCUT2D eigenvalue weighted by atomic mass is 35.5. The lowest BCUT2D eigenvalue weighted by atomic mass is 9.65. The first-order valence-electron chi connectivity index (χ1n) is 11.5. The van der Waals surface area contributed by atoms with Crippen molar-refractivity contribution < 1.29 is 4.79 Å². The van der Waals surface area contributed by atoms with Gasteiger partial charge >= 0.3 is 0 Å². The van der Waals surface area contributed by atoms with E-state index in [1.54, 1.807) is 0 Å². The fourth-order valence-electron chi connectivity index (χ4n) is 5.94. The molecule has 3 N–H and O–H groups in total. The van der Waals surface area contributed by atoms with Crippen LogP contribution in [0.25, 0.3) is 0 Å². The Balaban J connectivity index is 0.00000160. The standard InChI is InChI=1S/C24H37N3O.2ClH/c1-27(21-11-3-2-4-12-21)16-19-8-5-6-13-22(19)26-24(28)20-14-17-9-7-10-18(15-20)23(17)25;;/h5-6,8,13,17-18,20-21,23H,2-4,7,9-12,14-16,25H2,1H3,(H,26,28);2*1H. The summed E-state index contributed by atoms with van der Waals surface area (Å²) >= 11 is 0. The van der Waals surface area contributed by atoms with E-state index in [1.165, 1.54) is 56.9 Å². The first-order chi connectivity index (χ1) is 13.6. The minimum atomic E-state index is 0. The summed E-state index contributed by atoms with van der Waals surface area (Å²) in [4.78, 5) is 15.6. The van der Waals surface area contributed by atoms with Crippen LogP contribution in [0.3, 0.4) is 0 Å². The Morgan fingerprint density at radius 2 is 1.63 bits per heavy atom. The third-order valence-corrected chi connectivity index (χ3v) is 7.68. The number of carbonyl (C=O) groups is 1. The molecule has 0 saturated heterocycles. The van der Waals surface area contributed by atoms with Crippen molar-refractivity contribution in [3.63, 3.8) is 0 Å². The molecule has 1 amide bonds. The van der Waals surface area contributed by atoms with Crippen LogP contribution in [-0.4, -0.2) is 29.9 Å². The Bertz CT molecular complexity index is 666. The van der Waals surface area contributed by atoms with E-state index in [9.17, 15) is 4.79 Å². The van der Waals surface area contributed by atoms with Crippen LogP contribution in [0.2, 0.25) is 0 Å². The van der Waals surface area contributed by atoms with E-state index in [4.69, 9.17) is 5.73 Å². The molecule has 170 valence electrons. The van der Waals surface area contributed by atoms with Crippen molar-refractivity contribution in [1.29, 1.82) is 0 Å². The molecule has 30 heavy (non-hydrogen) atoms. The van der Waals surface area contributed by atoms with Gasteiger partial charge in [0.05, 0.1) is 0 Å². The highest BCUT2D eigenvalue weighted by molar-refractivity contribution is 5.93. The Morgan fingerprint density at radius 1 is 1.00 bits per heavy atom. The van der Waals surface area contributed by atoms with Gasteiger partial charge in [0.15, 0.2) is 0 Å². The molecule has 0 radical (unpaired) electrons. The molecule has 6 heteroatoms. The molecule has 0 spiro atoms. The van der Waals surface area contributed by atoms with Gasteiger partial charge in [-0.25, -0.2) is 0 Å². The molecule has 3 fully saturated rings. The highest BCUT2D eigenvalue weighted by Crippen LogP contribution is 2.42. The minimum absolute atomic E-state index is 0. The van der Waals surface area contributed by atoms with Gasteiger partial charge in [-0.05, 0) is 69.0 Å².